The first-order chi connectivity index (χ1) is 14.5. The molecule has 3 fully saturated rings. The normalized spacial score (nSPS) is 32.8. The van der Waals surface area contributed by atoms with Crippen LogP contribution < -0.4 is 11.1 Å². The van der Waals surface area contributed by atoms with Crippen molar-refractivity contribution in [2.24, 2.45) is 23.0 Å². The highest BCUT2D eigenvalue weighted by Crippen LogP contribution is 2.58. The highest BCUT2D eigenvalue weighted by Gasteiger charge is 2.62. The van der Waals surface area contributed by atoms with Crippen molar-refractivity contribution in [1.82, 2.24) is 10.2 Å². The van der Waals surface area contributed by atoms with Gasteiger partial charge in [0.1, 0.15) is 6.04 Å². The van der Waals surface area contributed by atoms with Gasteiger partial charge in [-0.2, -0.15) is 13.2 Å². The number of carbonyl (C=O) groups is 3. The van der Waals surface area contributed by atoms with Crippen LogP contribution in [0.5, 0.6) is 0 Å². The fourth-order valence-corrected chi connectivity index (χ4v) is 5.12. The summed E-state index contributed by atoms with van der Waals surface area (Å²) in [6.45, 7) is 1.09. The second-order valence-electron chi connectivity index (χ2n) is 8.92. The molecule has 4 N–H and O–H groups in total. The Kier molecular flexibility index (Phi) is 5.23. The van der Waals surface area contributed by atoms with Crippen LogP contribution in [0, 0.1) is 17.3 Å². The molecule has 1 spiro atoms. The maximum absolute atomic E-state index is 13.1. The molecule has 5 atom stereocenters. The maximum Gasteiger partial charge on any atom is 0.416 e. The summed E-state index contributed by atoms with van der Waals surface area (Å²) >= 11 is 0. The molecular formula is C21H24F3N3O4. The molecule has 4 rings (SSSR count). The minimum Gasteiger partial charge on any atom is -0.481 e. The number of carbonyl (C=O) groups excluding carboxylic acids is 2. The summed E-state index contributed by atoms with van der Waals surface area (Å²) in [6.07, 6.45) is -3.06. The van der Waals surface area contributed by atoms with Gasteiger partial charge in [0.05, 0.1) is 11.5 Å². The van der Waals surface area contributed by atoms with Crippen molar-refractivity contribution >= 4 is 17.8 Å². The Morgan fingerprint density at radius 2 is 1.84 bits per heavy atom. The van der Waals surface area contributed by atoms with Crippen LogP contribution in [0.25, 0.3) is 0 Å². The van der Waals surface area contributed by atoms with Gasteiger partial charge in [0, 0.05) is 31.5 Å². The van der Waals surface area contributed by atoms with Gasteiger partial charge in [-0.05, 0) is 42.4 Å². The fourth-order valence-electron chi connectivity index (χ4n) is 5.12. The van der Waals surface area contributed by atoms with Crippen LogP contribution in [0.4, 0.5) is 13.2 Å². The molecule has 2 heterocycles. The molecule has 2 saturated heterocycles. The second-order valence-corrected chi connectivity index (χ2v) is 8.92. The molecule has 31 heavy (non-hydrogen) atoms. The third-order valence-electron chi connectivity index (χ3n) is 7.03. The molecule has 5 unspecified atom stereocenters. The Hall–Kier alpha value is -2.62. The number of hydrogen-bond acceptors (Lipinski definition) is 4. The van der Waals surface area contributed by atoms with E-state index in [0.717, 1.165) is 17.7 Å². The molecule has 2 amide bonds. The summed E-state index contributed by atoms with van der Waals surface area (Å²) in [5, 5.41) is 12.7. The Balaban J connectivity index is 1.42. The molecule has 0 bridgehead atoms. The van der Waals surface area contributed by atoms with Gasteiger partial charge in [0.2, 0.25) is 11.8 Å². The molecule has 0 aromatic heterocycles. The highest BCUT2D eigenvalue weighted by atomic mass is 19.4. The van der Waals surface area contributed by atoms with E-state index in [-0.39, 0.29) is 24.2 Å². The van der Waals surface area contributed by atoms with Crippen LogP contribution in [0.1, 0.15) is 36.3 Å². The minimum absolute atomic E-state index is 0.105. The summed E-state index contributed by atoms with van der Waals surface area (Å²) < 4.78 is 38.3. The largest absolute Gasteiger partial charge is 0.481 e. The number of benzene rings is 1. The molecule has 0 radical (unpaired) electrons. The first-order valence-corrected chi connectivity index (χ1v) is 10.2. The zero-order valence-electron chi connectivity index (χ0n) is 16.7. The lowest BCUT2D eigenvalue weighted by Gasteiger charge is -2.36. The Morgan fingerprint density at radius 1 is 1.16 bits per heavy atom. The summed E-state index contributed by atoms with van der Waals surface area (Å²) in [4.78, 5) is 38.0. The number of aliphatic carboxylic acids is 1. The second kappa shape index (κ2) is 7.51. The summed E-state index contributed by atoms with van der Waals surface area (Å²) in [5.74, 6) is -3.31. The van der Waals surface area contributed by atoms with E-state index in [1.165, 1.54) is 12.1 Å². The van der Waals surface area contributed by atoms with Crippen molar-refractivity contribution in [3.63, 3.8) is 0 Å². The number of nitrogens with zero attached hydrogens (tertiary/aromatic N) is 1. The van der Waals surface area contributed by atoms with Gasteiger partial charge in [-0.25, -0.2) is 0 Å². The predicted octanol–water partition coefficient (Wildman–Crippen LogP) is 1.58. The molecular weight excluding hydrogens is 415 g/mol. The Bertz CT molecular complexity index is 904. The molecule has 1 aromatic carbocycles. The number of likely N-dealkylation sites (tertiary alicyclic amines) is 1. The van der Waals surface area contributed by atoms with Gasteiger partial charge in [0.25, 0.3) is 0 Å². The average Bonchev–Trinajstić information content (AvgIpc) is 3.19. The first kappa shape index (κ1) is 21.6. The zero-order valence-corrected chi connectivity index (χ0v) is 16.7. The van der Waals surface area contributed by atoms with Crippen LogP contribution in [0.2, 0.25) is 0 Å². The summed E-state index contributed by atoms with van der Waals surface area (Å²) in [6, 6.07) is 4.03. The number of nitrogens with two attached hydrogens (primary N) is 1. The monoisotopic (exact) mass is 439 g/mol. The van der Waals surface area contributed by atoms with Gasteiger partial charge >= 0.3 is 12.1 Å². The molecule has 1 aromatic rings. The third kappa shape index (κ3) is 4.00. The molecule has 7 nitrogen and oxygen atoms in total. The van der Waals surface area contributed by atoms with Crippen LogP contribution in [0.3, 0.4) is 0 Å². The van der Waals surface area contributed by atoms with Crippen LogP contribution in [-0.2, 0) is 20.6 Å². The number of amides is 2. The van der Waals surface area contributed by atoms with E-state index in [9.17, 15) is 32.7 Å². The molecule has 2 aliphatic heterocycles. The van der Waals surface area contributed by atoms with Crippen molar-refractivity contribution in [3.05, 3.63) is 35.4 Å². The lowest BCUT2D eigenvalue weighted by molar-refractivity contribution is -0.150. The van der Waals surface area contributed by atoms with E-state index in [1.807, 2.05) is 0 Å². The Labute approximate surface area is 176 Å². The highest BCUT2D eigenvalue weighted by molar-refractivity contribution is 5.89. The minimum atomic E-state index is -4.40. The van der Waals surface area contributed by atoms with Crippen molar-refractivity contribution in [2.45, 2.75) is 37.4 Å². The number of alkyl halides is 3. The van der Waals surface area contributed by atoms with Gasteiger partial charge in [-0.1, -0.05) is 12.1 Å². The SMILES string of the molecule is NC(=O)C1CC12CNC(C(=O)N1CCC(c3ccc(C(F)(F)F)cc3)C1)C(C(=O)O)C2. The van der Waals surface area contributed by atoms with E-state index in [2.05, 4.69) is 5.32 Å². The zero-order chi connectivity index (χ0) is 22.6. The summed E-state index contributed by atoms with van der Waals surface area (Å²) in [7, 11) is 0. The number of rotatable bonds is 4. The van der Waals surface area contributed by atoms with E-state index >= 15 is 0 Å². The lowest BCUT2D eigenvalue weighted by atomic mass is 9.80. The van der Waals surface area contributed by atoms with Crippen molar-refractivity contribution < 1.29 is 32.7 Å². The molecule has 168 valence electrons. The number of carboxylic acid groups (broad SMARTS) is 1. The van der Waals surface area contributed by atoms with E-state index < -0.39 is 41.0 Å². The van der Waals surface area contributed by atoms with Crippen molar-refractivity contribution in [3.8, 4) is 0 Å². The quantitative estimate of drug-likeness (QED) is 0.659. The van der Waals surface area contributed by atoms with E-state index in [0.29, 0.717) is 32.5 Å². The number of carboxylic acids is 1. The molecule has 1 aliphatic carbocycles. The fraction of sp³-hybridized carbons (Fsp3) is 0.571. The number of halogens is 3. The number of hydrogen-bond donors (Lipinski definition) is 3. The Morgan fingerprint density at radius 3 is 2.39 bits per heavy atom. The predicted molar refractivity (Wildman–Crippen MR) is 103 cm³/mol. The van der Waals surface area contributed by atoms with Crippen molar-refractivity contribution in [2.75, 3.05) is 19.6 Å². The van der Waals surface area contributed by atoms with Crippen LogP contribution in [0.15, 0.2) is 24.3 Å². The molecule has 1 saturated carbocycles. The molecule has 3 aliphatic rings. The number of nitrogens with one attached hydrogen (secondary N) is 1. The van der Waals surface area contributed by atoms with Gasteiger partial charge in [-0.3, -0.25) is 14.4 Å². The lowest BCUT2D eigenvalue weighted by Crippen LogP contribution is -2.57. The van der Waals surface area contributed by atoms with E-state index in [4.69, 9.17) is 5.73 Å². The van der Waals surface area contributed by atoms with Crippen LogP contribution >= 0.6 is 0 Å². The topological polar surface area (TPSA) is 113 Å². The summed E-state index contributed by atoms with van der Waals surface area (Å²) in [5.41, 5.74) is 4.88. The van der Waals surface area contributed by atoms with Gasteiger partial charge in [0.15, 0.2) is 0 Å². The third-order valence-corrected chi connectivity index (χ3v) is 7.03. The average molecular weight is 439 g/mol. The van der Waals surface area contributed by atoms with Crippen molar-refractivity contribution in [1.29, 1.82) is 0 Å². The standard InChI is InChI=1S/C21H24F3N3O4/c22-21(23,24)13-3-1-11(2-4-13)12-5-6-27(9-12)18(29)16-14(19(30)31)7-20(10-26-16)8-15(20)17(25)28/h1-4,12,14-16,26H,5-10H2,(H2,25,28)(H,30,31). The van der Waals surface area contributed by atoms with Gasteiger partial charge < -0.3 is 21.1 Å². The van der Waals surface area contributed by atoms with Gasteiger partial charge in [-0.15, -0.1) is 0 Å². The smallest absolute Gasteiger partial charge is 0.416 e. The first-order valence-electron chi connectivity index (χ1n) is 10.2. The van der Waals surface area contributed by atoms with E-state index in [1.54, 1.807) is 4.90 Å². The number of piperidine rings is 1. The maximum atomic E-state index is 13.1. The number of primary amides is 1. The molecule has 10 heteroatoms. The van der Waals surface area contributed by atoms with Crippen LogP contribution in [-0.4, -0.2) is 53.5 Å².